The van der Waals surface area contributed by atoms with Gasteiger partial charge >= 0.3 is 5.97 Å². The van der Waals surface area contributed by atoms with Crippen molar-refractivity contribution in [1.29, 1.82) is 0 Å². The van der Waals surface area contributed by atoms with E-state index < -0.39 is 5.97 Å². The van der Waals surface area contributed by atoms with Crippen LogP contribution in [0.4, 0.5) is 5.69 Å². The zero-order valence-electron chi connectivity index (χ0n) is 14.6. The van der Waals surface area contributed by atoms with Gasteiger partial charge in [-0.15, -0.1) is 0 Å². The molecule has 4 aromatic rings. The summed E-state index contributed by atoms with van der Waals surface area (Å²) in [5.41, 5.74) is 3.71. The predicted octanol–water partition coefficient (Wildman–Crippen LogP) is 2.93. The second-order valence-corrected chi connectivity index (χ2v) is 6.14. The van der Waals surface area contributed by atoms with Crippen LogP contribution in [0.15, 0.2) is 53.3 Å². The average Bonchev–Trinajstić information content (AvgIpc) is 3.27. The summed E-state index contributed by atoms with van der Waals surface area (Å²) in [4.78, 5) is 19.7. The summed E-state index contributed by atoms with van der Waals surface area (Å²) in [6.07, 6.45) is 3.66. The van der Waals surface area contributed by atoms with Crippen molar-refractivity contribution in [2.45, 2.75) is 19.9 Å². The van der Waals surface area contributed by atoms with Gasteiger partial charge in [0.15, 0.2) is 11.5 Å². The molecule has 27 heavy (non-hydrogen) atoms. The van der Waals surface area contributed by atoms with Crippen LogP contribution in [0, 0.1) is 6.92 Å². The fourth-order valence-corrected chi connectivity index (χ4v) is 2.89. The van der Waals surface area contributed by atoms with Crippen LogP contribution in [0.25, 0.3) is 5.65 Å². The van der Waals surface area contributed by atoms with Crippen LogP contribution in [-0.4, -0.2) is 30.6 Å². The molecule has 0 saturated carbocycles. The summed E-state index contributed by atoms with van der Waals surface area (Å²) in [7, 11) is 0. The van der Waals surface area contributed by atoms with Crippen LogP contribution >= 0.6 is 0 Å². The van der Waals surface area contributed by atoms with E-state index in [1.54, 1.807) is 17.5 Å². The van der Waals surface area contributed by atoms with Crippen LogP contribution < -0.4 is 5.32 Å². The first-order valence-electron chi connectivity index (χ1n) is 8.40. The molecule has 8 nitrogen and oxygen atoms in total. The Labute approximate surface area is 154 Å². The smallest absolute Gasteiger partial charge is 0.354 e. The standard InChI is InChI=1S/C19H17N5O3/c1-12-22-17(27-23-12)9-13-4-6-15(7-5-13)20-10-14-3-2-8-24-16(19(25)26)11-21-18(14)24/h2-8,11,20H,9-10H2,1H3,(H,25,26). The van der Waals surface area contributed by atoms with Gasteiger partial charge in [0, 0.05) is 24.0 Å². The second kappa shape index (κ2) is 6.91. The van der Waals surface area contributed by atoms with E-state index >= 15 is 0 Å². The Balaban J connectivity index is 1.46. The number of benzene rings is 1. The van der Waals surface area contributed by atoms with Crippen molar-refractivity contribution in [3.05, 3.63) is 77.3 Å². The Morgan fingerprint density at radius 3 is 2.78 bits per heavy atom. The topological polar surface area (TPSA) is 106 Å². The lowest BCUT2D eigenvalue weighted by Gasteiger charge is -2.08. The Kier molecular flexibility index (Phi) is 4.29. The molecular weight excluding hydrogens is 346 g/mol. The van der Waals surface area contributed by atoms with Crippen molar-refractivity contribution in [2.24, 2.45) is 0 Å². The number of carbonyl (C=O) groups is 1. The van der Waals surface area contributed by atoms with Crippen LogP contribution in [0.3, 0.4) is 0 Å². The van der Waals surface area contributed by atoms with Gasteiger partial charge in [-0.3, -0.25) is 4.40 Å². The highest BCUT2D eigenvalue weighted by Gasteiger charge is 2.12. The molecule has 0 fully saturated rings. The minimum atomic E-state index is -1.00. The average molecular weight is 363 g/mol. The van der Waals surface area contributed by atoms with E-state index in [9.17, 15) is 9.90 Å². The maximum atomic E-state index is 11.2. The molecule has 2 N–H and O–H groups in total. The minimum Gasteiger partial charge on any atom is -0.477 e. The van der Waals surface area contributed by atoms with Crippen molar-refractivity contribution < 1.29 is 14.4 Å². The number of hydrogen-bond donors (Lipinski definition) is 2. The van der Waals surface area contributed by atoms with Gasteiger partial charge in [-0.2, -0.15) is 4.98 Å². The highest BCUT2D eigenvalue weighted by atomic mass is 16.5. The number of fused-ring (bicyclic) bond motifs is 1. The zero-order chi connectivity index (χ0) is 18.8. The highest BCUT2D eigenvalue weighted by molar-refractivity contribution is 5.86. The molecule has 8 heteroatoms. The molecule has 3 aromatic heterocycles. The first-order chi connectivity index (χ1) is 13.1. The Bertz CT molecular complexity index is 1100. The number of carboxylic acids is 1. The van der Waals surface area contributed by atoms with Crippen molar-refractivity contribution in [1.82, 2.24) is 19.5 Å². The van der Waals surface area contributed by atoms with Crippen LogP contribution in [0.2, 0.25) is 0 Å². The lowest BCUT2D eigenvalue weighted by atomic mass is 10.1. The van der Waals surface area contributed by atoms with Gasteiger partial charge in [-0.05, 0) is 30.7 Å². The van der Waals surface area contributed by atoms with Gasteiger partial charge in [0.25, 0.3) is 0 Å². The molecule has 0 bridgehead atoms. The SMILES string of the molecule is Cc1noc(Cc2ccc(NCc3cccn4c(C(=O)O)cnc34)cc2)n1. The fraction of sp³-hybridized carbons (Fsp3) is 0.158. The van der Waals surface area contributed by atoms with E-state index in [4.69, 9.17) is 4.52 Å². The molecule has 0 atom stereocenters. The third-order valence-corrected chi connectivity index (χ3v) is 4.20. The highest BCUT2D eigenvalue weighted by Crippen LogP contribution is 2.16. The number of nitrogens with zero attached hydrogens (tertiary/aromatic N) is 4. The summed E-state index contributed by atoms with van der Waals surface area (Å²) < 4.78 is 6.71. The van der Waals surface area contributed by atoms with Crippen LogP contribution in [-0.2, 0) is 13.0 Å². The summed E-state index contributed by atoms with van der Waals surface area (Å²) in [5.74, 6) is 0.218. The van der Waals surface area contributed by atoms with Crippen molar-refractivity contribution in [3.63, 3.8) is 0 Å². The minimum absolute atomic E-state index is 0.146. The van der Waals surface area contributed by atoms with Gasteiger partial charge < -0.3 is 14.9 Å². The Hall–Kier alpha value is -3.68. The molecule has 136 valence electrons. The molecular formula is C19H17N5O3. The molecule has 0 spiro atoms. The van der Waals surface area contributed by atoms with Crippen LogP contribution in [0.5, 0.6) is 0 Å². The van der Waals surface area contributed by atoms with Crippen molar-refractivity contribution in [3.8, 4) is 0 Å². The fourth-order valence-electron chi connectivity index (χ4n) is 2.89. The number of rotatable bonds is 6. The maximum Gasteiger partial charge on any atom is 0.354 e. The molecule has 0 saturated heterocycles. The number of imidazole rings is 1. The largest absolute Gasteiger partial charge is 0.477 e. The maximum absolute atomic E-state index is 11.2. The number of aromatic nitrogens is 4. The zero-order valence-corrected chi connectivity index (χ0v) is 14.6. The van der Waals surface area contributed by atoms with E-state index in [0.29, 0.717) is 30.3 Å². The normalized spacial score (nSPS) is 11.0. The van der Waals surface area contributed by atoms with Gasteiger partial charge in [0.05, 0.1) is 12.6 Å². The molecule has 1 aromatic carbocycles. The molecule has 0 aliphatic carbocycles. The van der Waals surface area contributed by atoms with E-state index in [-0.39, 0.29) is 5.69 Å². The number of aromatic carboxylic acids is 1. The number of anilines is 1. The number of aryl methyl sites for hydroxylation is 1. The van der Waals surface area contributed by atoms with Gasteiger partial charge in [-0.25, -0.2) is 9.78 Å². The number of nitrogens with one attached hydrogen (secondary N) is 1. The van der Waals surface area contributed by atoms with E-state index in [2.05, 4.69) is 20.4 Å². The van der Waals surface area contributed by atoms with Crippen molar-refractivity contribution in [2.75, 3.05) is 5.32 Å². The quantitative estimate of drug-likeness (QED) is 0.542. The van der Waals surface area contributed by atoms with Gasteiger partial charge in [0.2, 0.25) is 5.89 Å². The third-order valence-electron chi connectivity index (χ3n) is 4.20. The molecule has 0 radical (unpaired) electrons. The van der Waals surface area contributed by atoms with Crippen molar-refractivity contribution >= 4 is 17.3 Å². The van der Waals surface area contributed by atoms with E-state index in [0.717, 1.165) is 16.8 Å². The Morgan fingerprint density at radius 2 is 2.07 bits per heavy atom. The number of hydrogen-bond acceptors (Lipinski definition) is 6. The number of carboxylic acid groups (broad SMARTS) is 1. The Morgan fingerprint density at radius 1 is 1.26 bits per heavy atom. The lowest BCUT2D eigenvalue weighted by Crippen LogP contribution is -2.05. The third kappa shape index (κ3) is 3.50. The first-order valence-corrected chi connectivity index (χ1v) is 8.40. The molecule has 0 amide bonds. The van der Waals surface area contributed by atoms with E-state index in [1.165, 1.54) is 6.20 Å². The number of pyridine rings is 1. The molecule has 0 aliphatic rings. The molecule has 3 heterocycles. The lowest BCUT2D eigenvalue weighted by molar-refractivity contribution is 0.0689. The molecule has 4 rings (SSSR count). The van der Waals surface area contributed by atoms with Gasteiger partial charge in [-0.1, -0.05) is 23.4 Å². The molecule has 0 unspecified atom stereocenters. The summed E-state index contributed by atoms with van der Waals surface area (Å²) in [5, 5.41) is 16.3. The summed E-state index contributed by atoms with van der Waals surface area (Å²) in [6.45, 7) is 2.32. The van der Waals surface area contributed by atoms with Crippen LogP contribution in [0.1, 0.15) is 33.3 Å². The predicted molar refractivity (Wildman–Crippen MR) is 97.8 cm³/mol. The summed E-state index contributed by atoms with van der Waals surface area (Å²) >= 11 is 0. The molecule has 0 aliphatic heterocycles. The van der Waals surface area contributed by atoms with Gasteiger partial charge in [0.1, 0.15) is 5.65 Å². The second-order valence-electron chi connectivity index (χ2n) is 6.14. The monoisotopic (exact) mass is 363 g/mol. The van der Waals surface area contributed by atoms with E-state index in [1.807, 2.05) is 36.4 Å². The summed E-state index contributed by atoms with van der Waals surface area (Å²) in [6, 6.07) is 11.7. The first kappa shape index (κ1) is 16.8.